The summed E-state index contributed by atoms with van der Waals surface area (Å²) in [6, 6.07) is 0. The first-order valence-corrected chi connectivity index (χ1v) is 10.7. The van der Waals surface area contributed by atoms with E-state index in [2.05, 4.69) is 13.8 Å². The van der Waals surface area contributed by atoms with Crippen molar-refractivity contribution in [2.45, 2.75) is 78.1 Å². The SMILES string of the molecule is CCCCCCC=C[S+]([O-])C(=O)[S+]([O-])C=CCCCCCC. The van der Waals surface area contributed by atoms with E-state index in [0.29, 0.717) is 0 Å². The van der Waals surface area contributed by atoms with E-state index in [-0.39, 0.29) is 0 Å². The fraction of sp³-hybridized carbons (Fsp3) is 0.706. The molecule has 0 saturated heterocycles. The monoisotopic (exact) mass is 346 g/mol. The maximum atomic E-state index is 11.7. The zero-order valence-electron chi connectivity index (χ0n) is 13.9. The predicted molar refractivity (Wildman–Crippen MR) is 97.5 cm³/mol. The van der Waals surface area contributed by atoms with Gasteiger partial charge >= 0.3 is 4.45 Å². The van der Waals surface area contributed by atoms with Crippen LogP contribution in [0.3, 0.4) is 0 Å². The minimum absolute atomic E-state index is 0.713. The summed E-state index contributed by atoms with van der Waals surface area (Å²) in [5.41, 5.74) is 0. The van der Waals surface area contributed by atoms with E-state index in [1.54, 1.807) is 12.2 Å². The van der Waals surface area contributed by atoms with Gasteiger partial charge in [0.1, 0.15) is 33.2 Å². The van der Waals surface area contributed by atoms with E-state index in [1.165, 1.54) is 36.5 Å². The van der Waals surface area contributed by atoms with Crippen molar-refractivity contribution in [1.29, 1.82) is 0 Å². The predicted octanol–water partition coefficient (Wildman–Crippen LogP) is 5.57. The fourth-order valence-electron chi connectivity index (χ4n) is 1.88. The Hall–Kier alpha value is -0.230. The Bertz CT molecular complexity index is 300. The number of unbranched alkanes of at least 4 members (excludes halogenated alkanes) is 8. The van der Waals surface area contributed by atoms with Crippen LogP contribution in [0.15, 0.2) is 23.0 Å². The maximum absolute atomic E-state index is 11.7. The van der Waals surface area contributed by atoms with Gasteiger partial charge in [-0.15, -0.1) is 0 Å². The van der Waals surface area contributed by atoms with Gasteiger partial charge < -0.3 is 9.11 Å². The van der Waals surface area contributed by atoms with Crippen molar-refractivity contribution in [2.75, 3.05) is 0 Å². The second kappa shape index (κ2) is 15.7. The van der Waals surface area contributed by atoms with Crippen molar-refractivity contribution in [3.8, 4) is 0 Å². The first-order chi connectivity index (χ1) is 10.6. The Labute approximate surface area is 142 Å². The Balaban J connectivity index is 3.89. The average molecular weight is 347 g/mol. The molecule has 0 N–H and O–H groups in total. The molecule has 0 aromatic heterocycles. The molecular formula is C17H30O3S2. The summed E-state index contributed by atoms with van der Waals surface area (Å²) in [7, 11) is 0. The Morgan fingerprint density at radius 2 is 1.18 bits per heavy atom. The van der Waals surface area contributed by atoms with E-state index >= 15 is 0 Å². The lowest BCUT2D eigenvalue weighted by atomic mass is 10.2. The Kier molecular flexibility index (Phi) is 15.5. The normalized spacial score (nSPS) is 14.7. The zero-order chi connectivity index (χ0) is 16.6. The third-order valence-corrected chi connectivity index (χ3v) is 5.74. The smallest absolute Gasteiger partial charge is 0.540 e. The molecule has 0 rings (SSSR count). The van der Waals surface area contributed by atoms with Crippen LogP contribution in [0.25, 0.3) is 0 Å². The van der Waals surface area contributed by atoms with Gasteiger partial charge in [-0.2, -0.15) is 4.79 Å². The van der Waals surface area contributed by atoms with Crippen LogP contribution >= 0.6 is 0 Å². The summed E-state index contributed by atoms with van der Waals surface area (Å²) in [6.07, 6.45) is 14.3. The van der Waals surface area contributed by atoms with Crippen molar-refractivity contribution in [2.24, 2.45) is 0 Å². The zero-order valence-corrected chi connectivity index (χ0v) is 15.6. The third kappa shape index (κ3) is 12.3. The topological polar surface area (TPSA) is 63.2 Å². The molecule has 2 unspecified atom stereocenters. The first-order valence-electron chi connectivity index (χ1n) is 8.31. The van der Waals surface area contributed by atoms with Crippen LogP contribution in [0.1, 0.15) is 78.1 Å². The number of carbonyl (C=O) groups excluding carboxylic acids is 1. The second-order valence-corrected chi connectivity index (χ2v) is 8.02. The summed E-state index contributed by atoms with van der Waals surface area (Å²) in [6.45, 7) is 4.30. The summed E-state index contributed by atoms with van der Waals surface area (Å²) in [4.78, 5) is 11.7. The fourth-order valence-corrected chi connectivity index (χ4v) is 3.71. The highest BCUT2D eigenvalue weighted by molar-refractivity contribution is 8.33. The van der Waals surface area contributed by atoms with Gasteiger partial charge in [0.05, 0.1) is 0 Å². The van der Waals surface area contributed by atoms with Crippen LogP contribution in [-0.2, 0) is 22.4 Å². The van der Waals surface area contributed by atoms with Crippen LogP contribution < -0.4 is 0 Å². The van der Waals surface area contributed by atoms with Crippen molar-refractivity contribution in [3.05, 3.63) is 23.0 Å². The first kappa shape index (κ1) is 21.8. The number of rotatable bonds is 12. The molecule has 0 saturated carbocycles. The summed E-state index contributed by atoms with van der Waals surface area (Å²) >= 11 is -3.57. The van der Waals surface area contributed by atoms with Crippen LogP contribution in [0.5, 0.6) is 0 Å². The van der Waals surface area contributed by atoms with Gasteiger partial charge in [-0.1, -0.05) is 52.4 Å². The van der Waals surface area contributed by atoms with Crippen LogP contribution in [0.2, 0.25) is 0 Å². The van der Waals surface area contributed by atoms with Gasteiger partial charge in [-0.05, 0) is 37.8 Å². The lowest BCUT2D eigenvalue weighted by Gasteiger charge is -2.03. The molecule has 0 amide bonds. The average Bonchev–Trinajstić information content (AvgIpc) is 2.52. The maximum Gasteiger partial charge on any atom is 0.540 e. The van der Waals surface area contributed by atoms with Crippen molar-refractivity contribution in [1.82, 2.24) is 0 Å². The summed E-state index contributed by atoms with van der Waals surface area (Å²) in [5.74, 6) is 0. The highest BCUT2D eigenvalue weighted by Crippen LogP contribution is 2.11. The Morgan fingerprint density at radius 3 is 1.55 bits per heavy atom. The molecule has 0 aliphatic heterocycles. The van der Waals surface area contributed by atoms with Crippen LogP contribution in [-0.4, -0.2) is 13.6 Å². The molecule has 0 aliphatic carbocycles. The van der Waals surface area contributed by atoms with Gasteiger partial charge in [-0.25, -0.2) is 0 Å². The minimum Gasteiger partial charge on any atom is -0.601 e. The quantitative estimate of drug-likeness (QED) is 0.342. The third-order valence-electron chi connectivity index (χ3n) is 3.22. The van der Waals surface area contributed by atoms with Crippen molar-refractivity contribution < 1.29 is 13.9 Å². The second-order valence-electron chi connectivity index (χ2n) is 5.29. The minimum atomic E-state index is -1.78. The molecular weight excluding hydrogens is 316 g/mol. The van der Waals surface area contributed by atoms with Gasteiger partial charge in [0, 0.05) is 0 Å². The van der Waals surface area contributed by atoms with Crippen molar-refractivity contribution in [3.63, 3.8) is 0 Å². The Morgan fingerprint density at radius 1 is 0.773 bits per heavy atom. The summed E-state index contributed by atoms with van der Waals surface area (Å²) < 4.78 is 22.7. The standard InChI is InChI=1S/C17H30O3S2/c1-3-5-7-9-11-13-15-21(19)17(18)22(20)16-14-12-10-8-6-4-2/h13-16H,3-12H2,1-2H3. The molecule has 22 heavy (non-hydrogen) atoms. The number of hydrogen-bond donors (Lipinski definition) is 0. The van der Waals surface area contributed by atoms with Crippen LogP contribution in [0.4, 0.5) is 4.79 Å². The highest BCUT2D eigenvalue weighted by atomic mass is 32.3. The molecule has 0 spiro atoms. The largest absolute Gasteiger partial charge is 0.601 e. The molecule has 0 fully saturated rings. The number of allylic oxidation sites excluding steroid dienone is 2. The molecule has 0 aromatic rings. The molecule has 3 nitrogen and oxygen atoms in total. The van der Waals surface area contributed by atoms with Gasteiger partial charge in [-0.3, -0.25) is 0 Å². The molecule has 2 atom stereocenters. The van der Waals surface area contributed by atoms with Gasteiger partial charge in [0.2, 0.25) is 0 Å². The van der Waals surface area contributed by atoms with E-state index in [9.17, 15) is 13.9 Å². The van der Waals surface area contributed by atoms with Crippen molar-refractivity contribution >= 4 is 26.8 Å². The van der Waals surface area contributed by atoms with E-state index in [0.717, 1.165) is 38.5 Å². The lowest BCUT2D eigenvalue weighted by molar-refractivity contribution is 0.273. The molecule has 0 heterocycles. The van der Waals surface area contributed by atoms with E-state index < -0.39 is 26.8 Å². The molecule has 0 bridgehead atoms. The van der Waals surface area contributed by atoms with Gasteiger partial charge in [0.25, 0.3) is 0 Å². The number of carbonyl (C=O) groups is 1. The molecule has 0 radical (unpaired) electrons. The van der Waals surface area contributed by atoms with E-state index in [1.807, 2.05) is 0 Å². The van der Waals surface area contributed by atoms with Crippen LogP contribution in [0, 0.1) is 0 Å². The number of hydrogen-bond acceptors (Lipinski definition) is 3. The molecule has 0 aliphatic rings. The molecule has 0 aromatic carbocycles. The molecule has 5 heteroatoms. The van der Waals surface area contributed by atoms with E-state index in [4.69, 9.17) is 0 Å². The summed E-state index contributed by atoms with van der Waals surface area (Å²) in [5, 5.41) is 2.75. The lowest BCUT2D eigenvalue weighted by Crippen LogP contribution is -2.19. The molecule has 128 valence electrons. The highest BCUT2D eigenvalue weighted by Gasteiger charge is 2.29. The van der Waals surface area contributed by atoms with Gasteiger partial charge in [0.15, 0.2) is 0 Å².